The van der Waals surface area contributed by atoms with E-state index in [2.05, 4.69) is 5.16 Å². The van der Waals surface area contributed by atoms with E-state index in [1.807, 2.05) is 41.3 Å². The number of nitrogens with two attached hydrogens (primary N) is 1. The molecule has 0 bridgehead atoms. The first-order valence-electron chi connectivity index (χ1n) is 4.29. The molecule has 1 aliphatic heterocycles. The molecule has 1 aromatic heterocycles. The van der Waals surface area contributed by atoms with Crippen LogP contribution in [0.2, 0.25) is 0 Å². The Bertz CT molecular complexity index is 566. The van der Waals surface area contributed by atoms with Gasteiger partial charge in [0.15, 0.2) is 23.8 Å². The summed E-state index contributed by atoms with van der Waals surface area (Å²) in [6.45, 7) is 0. The van der Waals surface area contributed by atoms with E-state index < -0.39 is 0 Å². The van der Waals surface area contributed by atoms with Gasteiger partial charge < -0.3 is 10.3 Å². The SMILES string of the molecule is Nc1noc2cc([N+]3=CC=C3)ccc12. The molecule has 0 radical (unpaired) electrons. The minimum Gasteiger partial charge on any atom is -0.380 e. The minimum absolute atomic E-state index is 0.440. The molecule has 0 aliphatic carbocycles. The maximum absolute atomic E-state index is 5.61. The van der Waals surface area contributed by atoms with E-state index in [1.54, 1.807) is 0 Å². The molecular weight excluding hydrogens is 178 g/mol. The zero-order valence-electron chi connectivity index (χ0n) is 7.34. The van der Waals surface area contributed by atoms with Crippen LogP contribution in [0.4, 0.5) is 11.5 Å². The molecular formula is C10H8N3O+. The topological polar surface area (TPSA) is 55.1 Å². The van der Waals surface area contributed by atoms with Crippen LogP contribution >= 0.6 is 0 Å². The van der Waals surface area contributed by atoms with Gasteiger partial charge in [-0.15, -0.1) is 0 Å². The summed E-state index contributed by atoms with van der Waals surface area (Å²) in [5.74, 6) is 0.440. The molecule has 0 atom stereocenters. The fourth-order valence-electron chi connectivity index (χ4n) is 1.45. The summed E-state index contributed by atoms with van der Waals surface area (Å²) < 4.78 is 7.07. The normalized spacial score (nSPS) is 14.1. The number of nitrogen functional groups attached to an aromatic ring is 1. The van der Waals surface area contributed by atoms with Gasteiger partial charge in [-0.3, -0.25) is 0 Å². The molecule has 0 amide bonds. The van der Waals surface area contributed by atoms with Crippen LogP contribution in [0.1, 0.15) is 0 Å². The molecule has 3 rings (SSSR count). The zero-order chi connectivity index (χ0) is 9.54. The molecule has 68 valence electrons. The molecule has 0 saturated heterocycles. The number of benzene rings is 1. The molecule has 2 N–H and O–H groups in total. The van der Waals surface area contributed by atoms with Crippen molar-refractivity contribution in [3.63, 3.8) is 0 Å². The van der Waals surface area contributed by atoms with Gasteiger partial charge in [-0.05, 0) is 6.07 Å². The molecule has 1 aliphatic rings. The van der Waals surface area contributed by atoms with E-state index >= 15 is 0 Å². The highest BCUT2D eigenvalue weighted by molar-refractivity contribution is 5.88. The Balaban J connectivity index is 2.20. The fraction of sp³-hybridized carbons (Fsp3) is 0. The molecule has 4 nitrogen and oxygen atoms in total. The average molecular weight is 186 g/mol. The van der Waals surface area contributed by atoms with Gasteiger partial charge >= 0.3 is 0 Å². The van der Waals surface area contributed by atoms with Crippen LogP contribution in [-0.2, 0) is 0 Å². The number of fused-ring (bicyclic) bond motifs is 1. The molecule has 4 heteroatoms. The third-order valence-corrected chi connectivity index (χ3v) is 2.27. The lowest BCUT2D eigenvalue weighted by Gasteiger charge is -1.99. The van der Waals surface area contributed by atoms with Gasteiger partial charge in [0.1, 0.15) is 0 Å². The van der Waals surface area contributed by atoms with E-state index in [-0.39, 0.29) is 0 Å². The van der Waals surface area contributed by atoms with Gasteiger partial charge in [-0.1, -0.05) is 5.16 Å². The van der Waals surface area contributed by atoms with Crippen molar-refractivity contribution in [3.05, 3.63) is 30.5 Å². The minimum atomic E-state index is 0.440. The van der Waals surface area contributed by atoms with Crippen LogP contribution < -0.4 is 5.73 Å². The number of hydrogen-bond acceptors (Lipinski definition) is 3. The highest BCUT2D eigenvalue weighted by Crippen LogP contribution is 2.25. The predicted octanol–water partition coefficient (Wildman–Crippen LogP) is 1.65. The molecule has 2 aromatic rings. The summed E-state index contributed by atoms with van der Waals surface area (Å²) in [5.41, 5.74) is 7.38. The Labute approximate surface area is 79.9 Å². The van der Waals surface area contributed by atoms with E-state index in [0.717, 1.165) is 11.1 Å². The Hall–Kier alpha value is -2.10. The van der Waals surface area contributed by atoms with Crippen LogP contribution in [-0.4, -0.2) is 15.9 Å². The van der Waals surface area contributed by atoms with Crippen molar-refractivity contribution in [2.75, 3.05) is 5.73 Å². The number of hydrogen-bond donors (Lipinski definition) is 1. The standard InChI is InChI=1S/C10H8N3O/c11-10-8-3-2-7(13-4-1-5-13)6-9(8)14-12-10/h1-6H,(H2,11,12)/q+1. The molecule has 0 unspecified atom stereocenters. The van der Waals surface area contributed by atoms with Gasteiger partial charge in [-0.2, -0.15) is 4.58 Å². The first-order valence-corrected chi connectivity index (χ1v) is 4.29. The summed E-state index contributed by atoms with van der Waals surface area (Å²) in [6.07, 6.45) is 5.92. The van der Waals surface area contributed by atoms with Crippen LogP contribution in [0.3, 0.4) is 0 Å². The highest BCUT2D eigenvalue weighted by Gasteiger charge is 2.13. The Morgan fingerprint density at radius 1 is 1.36 bits per heavy atom. The van der Waals surface area contributed by atoms with Gasteiger partial charge in [0.2, 0.25) is 5.69 Å². The molecule has 0 saturated carbocycles. The van der Waals surface area contributed by atoms with Crippen molar-refractivity contribution in [2.24, 2.45) is 0 Å². The van der Waals surface area contributed by atoms with Crippen molar-refractivity contribution in [2.45, 2.75) is 0 Å². The van der Waals surface area contributed by atoms with Crippen molar-refractivity contribution >= 4 is 28.7 Å². The zero-order valence-corrected chi connectivity index (χ0v) is 7.34. The van der Waals surface area contributed by atoms with Crippen molar-refractivity contribution in [1.29, 1.82) is 0 Å². The predicted molar refractivity (Wildman–Crippen MR) is 53.5 cm³/mol. The number of nitrogens with zero attached hydrogens (tertiary/aromatic N) is 2. The first-order chi connectivity index (χ1) is 6.84. The second-order valence-corrected chi connectivity index (χ2v) is 3.15. The van der Waals surface area contributed by atoms with Gasteiger partial charge in [0.05, 0.1) is 17.5 Å². The first kappa shape index (κ1) is 7.32. The van der Waals surface area contributed by atoms with Crippen LogP contribution in [0, 0.1) is 0 Å². The van der Waals surface area contributed by atoms with Crippen molar-refractivity contribution < 1.29 is 9.10 Å². The maximum Gasteiger partial charge on any atom is 0.214 e. The number of aromatic nitrogens is 1. The number of allylic oxidation sites excluding steroid dienone is 1. The summed E-state index contributed by atoms with van der Waals surface area (Å²) in [4.78, 5) is 0. The third-order valence-electron chi connectivity index (χ3n) is 2.27. The largest absolute Gasteiger partial charge is 0.380 e. The molecule has 0 fully saturated rings. The second-order valence-electron chi connectivity index (χ2n) is 3.15. The van der Waals surface area contributed by atoms with Gasteiger partial charge in [0, 0.05) is 6.07 Å². The maximum atomic E-state index is 5.61. The van der Waals surface area contributed by atoms with Gasteiger partial charge in [-0.25, -0.2) is 0 Å². The summed E-state index contributed by atoms with van der Waals surface area (Å²) >= 11 is 0. The monoisotopic (exact) mass is 186 g/mol. The van der Waals surface area contributed by atoms with Crippen LogP contribution in [0.25, 0.3) is 11.0 Å². The summed E-state index contributed by atoms with van der Waals surface area (Å²) in [7, 11) is 0. The highest BCUT2D eigenvalue weighted by atomic mass is 16.5. The van der Waals surface area contributed by atoms with Gasteiger partial charge in [0.25, 0.3) is 0 Å². The molecule has 0 spiro atoms. The molecule has 2 heterocycles. The van der Waals surface area contributed by atoms with E-state index in [1.165, 1.54) is 0 Å². The average Bonchev–Trinajstić information content (AvgIpc) is 2.45. The fourth-order valence-corrected chi connectivity index (χ4v) is 1.45. The summed E-state index contributed by atoms with van der Waals surface area (Å²) in [5, 5.41) is 4.56. The van der Waals surface area contributed by atoms with E-state index in [9.17, 15) is 0 Å². The Morgan fingerprint density at radius 3 is 2.93 bits per heavy atom. The van der Waals surface area contributed by atoms with Crippen LogP contribution in [0.5, 0.6) is 0 Å². The number of rotatable bonds is 1. The lowest BCUT2D eigenvalue weighted by molar-refractivity contribution is -0.364. The Kier molecular flexibility index (Phi) is 1.28. The van der Waals surface area contributed by atoms with E-state index in [0.29, 0.717) is 11.4 Å². The second kappa shape index (κ2) is 2.45. The number of anilines is 1. The Morgan fingerprint density at radius 2 is 2.21 bits per heavy atom. The van der Waals surface area contributed by atoms with Crippen molar-refractivity contribution in [3.8, 4) is 0 Å². The molecule has 1 aromatic carbocycles. The molecule has 14 heavy (non-hydrogen) atoms. The van der Waals surface area contributed by atoms with E-state index in [4.69, 9.17) is 10.3 Å². The lowest BCUT2D eigenvalue weighted by atomic mass is 10.2. The van der Waals surface area contributed by atoms with Crippen LogP contribution in [0.15, 0.2) is 35.0 Å². The summed E-state index contributed by atoms with van der Waals surface area (Å²) in [6, 6.07) is 5.81. The quantitative estimate of drug-likeness (QED) is 0.689. The van der Waals surface area contributed by atoms with Crippen molar-refractivity contribution in [1.82, 2.24) is 5.16 Å². The lowest BCUT2D eigenvalue weighted by Crippen LogP contribution is -2.04. The third kappa shape index (κ3) is 0.877. The smallest absolute Gasteiger partial charge is 0.214 e.